The van der Waals surface area contributed by atoms with E-state index in [2.05, 4.69) is 16.3 Å². The lowest BCUT2D eigenvalue weighted by molar-refractivity contribution is -0.147. The van der Waals surface area contributed by atoms with Gasteiger partial charge in [0.25, 0.3) is 0 Å². The van der Waals surface area contributed by atoms with Gasteiger partial charge in [0.1, 0.15) is 5.75 Å². The molecule has 0 spiro atoms. The van der Waals surface area contributed by atoms with Crippen LogP contribution in [0.25, 0.3) is 0 Å². The Labute approximate surface area is 237 Å². The molecule has 0 amide bonds. The topological polar surface area (TPSA) is 127 Å². The van der Waals surface area contributed by atoms with Crippen LogP contribution in [0.1, 0.15) is 56.6 Å². The number of carbonyl (C=O) groups excluding carboxylic acids is 2. The average Bonchev–Trinajstić information content (AvgIpc) is 2.95. The van der Waals surface area contributed by atoms with Gasteiger partial charge in [-0.25, -0.2) is 4.79 Å². The van der Waals surface area contributed by atoms with Crippen LogP contribution in [0.3, 0.4) is 0 Å². The van der Waals surface area contributed by atoms with Crippen molar-refractivity contribution in [3.8, 4) is 5.75 Å². The molecule has 4 N–H and O–H groups in total. The van der Waals surface area contributed by atoms with E-state index < -0.39 is 5.97 Å². The lowest BCUT2D eigenvalue weighted by atomic mass is 10.0. The Morgan fingerprint density at radius 2 is 1.95 bits per heavy atom. The number of anilines is 2. The largest absolute Gasteiger partial charge is 0.482 e. The SMILES string of the molecule is C/C=C\CCCC(=O)OCCCOC(=O)COc1cccc(CN2CCCC(Nc3ccc(N)c(C=N)c3)C2)c1. The second-order valence-corrected chi connectivity index (χ2v) is 9.90. The molecule has 0 saturated carbocycles. The summed E-state index contributed by atoms with van der Waals surface area (Å²) in [5, 5.41) is 11.1. The summed E-state index contributed by atoms with van der Waals surface area (Å²) in [6.07, 6.45) is 9.90. The summed E-state index contributed by atoms with van der Waals surface area (Å²) >= 11 is 0. The number of unbranched alkanes of at least 4 members (excludes halogenated alkanes) is 1. The molecule has 9 nitrogen and oxygen atoms in total. The molecule has 0 radical (unpaired) electrons. The van der Waals surface area contributed by atoms with Gasteiger partial charge in [-0.15, -0.1) is 0 Å². The fourth-order valence-corrected chi connectivity index (χ4v) is 4.55. The molecule has 9 heteroatoms. The molecule has 40 heavy (non-hydrogen) atoms. The number of allylic oxidation sites excluding steroid dienone is 2. The molecule has 1 fully saturated rings. The van der Waals surface area contributed by atoms with Crippen molar-refractivity contribution in [2.24, 2.45) is 0 Å². The molecule has 0 aliphatic carbocycles. The summed E-state index contributed by atoms with van der Waals surface area (Å²) < 4.78 is 16.0. The molecule has 0 bridgehead atoms. The molecule has 1 atom stereocenters. The Morgan fingerprint density at radius 1 is 1.12 bits per heavy atom. The normalized spacial score (nSPS) is 15.5. The van der Waals surface area contributed by atoms with Gasteiger partial charge >= 0.3 is 11.9 Å². The van der Waals surface area contributed by atoms with Gasteiger partial charge in [-0.05, 0) is 75.0 Å². The second kappa shape index (κ2) is 17.0. The molecular formula is C31H42N4O5. The van der Waals surface area contributed by atoms with Gasteiger partial charge in [-0.1, -0.05) is 24.3 Å². The first-order valence-electron chi connectivity index (χ1n) is 14.0. The highest BCUT2D eigenvalue weighted by atomic mass is 16.6. The van der Waals surface area contributed by atoms with E-state index in [9.17, 15) is 9.59 Å². The molecule has 2 aromatic rings. The summed E-state index contributed by atoms with van der Waals surface area (Å²) in [5.41, 5.74) is 9.31. The number of esters is 2. The number of nitrogens with two attached hydrogens (primary N) is 1. The van der Waals surface area contributed by atoms with E-state index in [-0.39, 0.29) is 25.8 Å². The smallest absolute Gasteiger partial charge is 0.344 e. The molecule has 1 unspecified atom stereocenters. The molecule has 1 heterocycles. The minimum Gasteiger partial charge on any atom is -0.482 e. The highest BCUT2D eigenvalue weighted by molar-refractivity contribution is 5.86. The molecular weight excluding hydrogens is 508 g/mol. The summed E-state index contributed by atoms with van der Waals surface area (Å²) in [5.74, 6) is -0.0641. The summed E-state index contributed by atoms with van der Waals surface area (Å²) in [4.78, 5) is 26.1. The zero-order valence-corrected chi connectivity index (χ0v) is 23.4. The van der Waals surface area contributed by atoms with Crippen molar-refractivity contribution >= 4 is 29.5 Å². The Kier molecular flexibility index (Phi) is 13.0. The number of hydrogen-bond donors (Lipinski definition) is 3. The molecule has 216 valence electrons. The van der Waals surface area contributed by atoms with Crippen LogP contribution in [-0.2, 0) is 25.6 Å². The van der Waals surface area contributed by atoms with Crippen molar-refractivity contribution in [2.75, 3.05) is 44.0 Å². The van der Waals surface area contributed by atoms with E-state index in [1.807, 2.05) is 55.5 Å². The third-order valence-corrected chi connectivity index (χ3v) is 6.58. The van der Waals surface area contributed by atoms with Crippen LogP contribution in [0, 0.1) is 5.41 Å². The fourth-order valence-electron chi connectivity index (χ4n) is 4.55. The second-order valence-electron chi connectivity index (χ2n) is 9.90. The Bertz CT molecular complexity index is 1140. The number of ether oxygens (including phenoxy) is 3. The van der Waals surface area contributed by atoms with E-state index in [1.165, 1.54) is 6.21 Å². The highest BCUT2D eigenvalue weighted by Crippen LogP contribution is 2.22. The predicted molar refractivity (Wildman–Crippen MR) is 158 cm³/mol. The molecule has 2 aromatic carbocycles. The van der Waals surface area contributed by atoms with Gasteiger partial charge in [0.2, 0.25) is 0 Å². The van der Waals surface area contributed by atoms with Crippen LogP contribution >= 0.6 is 0 Å². The van der Waals surface area contributed by atoms with Crippen LogP contribution in [-0.4, -0.2) is 62.0 Å². The van der Waals surface area contributed by atoms with Gasteiger partial charge in [0.05, 0.1) is 13.2 Å². The lowest BCUT2D eigenvalue weighted by Crippen LogP contribution is -2.41. The number of hydrogen-bond acceptors (Lipinski definition) is 9. The number of nitrogens with one attached hydrogen (secondary N) is 2. The van der Waals surface area contributed by atoms with E-state index in [1.54, 1.807) is 0 Å². The maximum Gasteiger partial charge on any atom is 0.344 e. The van der Waals surface area contributed by atoms with Crippen molar-refractivity contribution < 1.29 is 23.8 Å². The van der Waals surface area contributed by atoms with E-state index in [0.717, 1.165) is 56.6 Å². The quantitative estimate of drug-likeness (QED) is 0.0882. The van der Waals surface area contributed by atoms with Crippen molar-refractivity contribution in [1.29, 1.82) is 5.41 Å². The number of carbonyl (C=O) groups is 2. The van der Waals surface area contributed by atoms with Crippen LogP contribution < -0.4 is 15.8 Å². The molecule has 1 aliphatic rings. The number of nitrogens with zero attached hydrogens (tertiary/aromatic N) is 1. The summed E-state index contributed by atoms with van der Waals surface area (Å²) in [6.45, 7) is 4.87. The predicted octanol–water partition coefficient (Wildman–Crippen LogP) is 4.94. The van der Waals surface area contributed by atoms with Gasteiger partial charge in [0.15, 0.2) is 6.61 Å². The number of rotatable bonds is 16. The molecule has 1 saturated heterocycles. The van der Waals surface area contributed by atoms with Crippen molar-refractivity contribution in [1.82, 2.24) is 4.90 Å². The third kappa shape index (κ3) is 11.1. The van der Waals surface area contributed by atoms with Crippen LogP contribution in [0.15, 0.2) is 54.6 Å². The van der Waals surface area contributed by atoms with E-state index in [0.29, 0.717) is 35.9 Å². The van der Waals surface area contributed by atoms with Crippen molar-refractivity contribution in [2.45, 2.75) is 58.0 Å². The fraction of sp³-hybridized carbons (Fsp3) is 0.452. The monoisotopic (exact) mass is 550 g/mol. The summed E-state index contributed by atoms with van der Waals surface area (Å²) in [7, 11) is 0. The first-order valence-corrected chi connectivity index (χ1v) is 14.0. The number of nitrogen functional groups attached to an aromatic ring is 1. The van der Waals surface area contributed by atoms with E-state index >= 15 is 0 Å². The lowest BCUT2D eigenvalue weighted by Gasteiger charge is -2.33. The van der Waals surface area contributed by atoms with Gasteiger partial charge in [0, 0.05) is 55.1 Å². The van der Waals surface area contributed by atoms with Crippen LogP contribution in [0.2, 0.25) is 0 Å². The Hall–Kier alpha value is -3.85. The maximum atomic E-state index is 12.1. The number of benzene rings is 2. The van der Waals surface area contributed by atoms with Crippen molar-refractivity contribution in [3.05, 3.63) is 65.7 Å². The zero-order valence-electron chi connectivity index (χ0n) is 23.4. The van der Waals surface area contributed by atoms with E-state index in [4.69, 9.17) is 25.4 Å². The number of piperidine rings is 1. The highest BCUT2D eigenvalue weighted by Gasteiger charge is 2.20. The van der Waals surface area contributed by atoms with Crippen LogP contribution in [0.4, 0.5) is 11.4 Å². The number of likely N-dealkylation sites (tertiary alicyclic amines) is 1. The Balaban J connectivity index is 1.35. The maximum absolute atomic E-state index is 12.1. The van der Waals surface area contributed by atoms with Gasteiger partial charge in [-0.2, -0.15) is 0 Å². The summed E-state index contributed by atoms with van der Waals surface area (Å²) in [6, 6.07) is 13.8. The zero-order chi connectivity index (χ0) is 28.6. The first kappa shape index (κ1) is 30.7. The Morgan fingerprint density at radius 3 is 2.75 bits per heavy atom. The molecule has 3 rings (SSSR count). The minimum atomic E-state index is -0.457. The average molecular weight is 551 g/mol. The third-order valence-electron chi connectivity index (χ3n) is 6.58. The van der Waals surface area contributed by atoms with Crippen LogP contribution in [0.5, 0.6) is 5.75 Å². The molecule has 1 aliphatic heterocycles. The van der Waals surface area contributed by atoms with Gasteiger partial charge in [-0.3, -0.25) is 9.69 Å². The first-order chi connectivity index (χ1) is 19.5. The van der Waals surface area contributed by atoms with Gasteiger partial charge < -0.3 is 30.7 Å². The molecule has 0 aromatic heterocycles. The minimum absolute atomic E-state index is 0.177. The van der Waals surface area contributed by atoms with Crippen molar-refractivity contribution in [3.63, 3.8) is 0 Å². The standard InChI is InChI=1S/C31H42N4O5/c1-2-3-4-5-12-30(36)38-16-8-17-39-31(37)23-40-28-11-6-9-24(18-28)21-35-15-7-10-27(22-35)34-26-13-14-29(33)25(19-26)20-32/h2-3,6,9,11,13-14,18-20,27,32,34H,4-5,7-8,10,12,15-17,21-23,33H2,1H3/b3-2-,32-20?.